The summed E-state index contributed by atoms with van der Waals surface area (Å²) < 4.78 is 68.2. The van der Waals surface area contributed by atoms with Crippen molar-refractivity contribution in [3.63, 3.8) is 0 Å². The summed E-state index contributed by atoms with van der Waals surface area (Å²) in [4.78, 5) is 14.6. The first-order valence-corrected chi connectivity index (χ1v) is 12.0. The number of amides is 2. The highest BCUT2D eigenvalue weighted by Gasteiger charge is 2.30. The van der Waals surface area contributed by atoms with Crippen LogP contribution in [-0.4, -0.2) is 32.7 Å². The molecule has 6 nitrogen and oxygen atoms in total. The maximum absolute atomic E-state index is 13.2. The van der Waals surface area contributed by atoms with Crippen molar-refractivity contribution in [3.05, 3.63) is 89.5 Å². The van der Waals surface area contributed by atoms with E-state index < -0.39 is 27.6 Å². The van der Waals surface area contributed by atoms with Gasteiger partial charge in [0.2, 0.25) is 0 Å². The number of carbonyl (C=O) groups is 1. The van der Waals surface area contributed by atoms with Crippen molar-refractivity contribution in [2.24, 2.45) is 0 Å². The fraction of sp³-hybridized carbons (Fsp3) is 0.208. The number of benzene rings is 3. The molecule has 0 radical (unpaired) electrons. The maximum atomic E-state index is 13.2. The molecule has 10 heteroatoms. The highest BCUT2D eigenvalue weighted by Crippen LogP contribution is 2.30. The van der Waals surface area contributed by atoms with Gasteiger partial charge in [-0.2, -0.15) is 13.2 Å². The van der Waals surface area contributed by atoms with E-state index >= 15 is 0 Å². The molecule has 2 amide bonds. The zero-order valence-corrected chi connectivity index (χ0v) is 19.3. The van der Waals surface area contributed by atoms with Gasteiger partial charge in [-0.05, 0) is 47.5 Å². The lowest BCUT2D eigenvalue weighted by molar-refractivity contribution is -0.137. The topological polar surface area (TPSA) is 75.7 Å². The van der Waals surface area contributed by atoms with Gasteiger partial charge in [0.05, 0.1) is 23.3 Å². The number of urea groups is 1. The Morgan fingerprint density at radius 3 is 2.21 bits per heavy atom. The number of sulfone groups is 1. The summed E-state index contributed by atoms with van der Waals surface area (Å²) in [5.74, 6) is 0.423. The van der Waals surface area contributed by atoms with Crippen LogP contribution in [0.2, 0.25) is 0 Å². The van der Waals surface area contributed by atoms with Crippen LogP contribution in [0.4, 0.5) is 23.7 Å². The molecule has 0 atom stereocenters. The van der Waals surface area contributed by atoms with Gasteiger partial charge in [0, 0.05) is 19.3 Å². The van der Waals surface area contributed by atoms with Gasteiger partial charge in [-0.15, -0.1) is 0 Å². The molecule has 0 spiro atoms. The van der Waals surface area contributed by atoms with E-state index in [-0.39, 0.29) is 23.5 Å². The average Bonchev–Trinajstić information content (AvgIpc) is 2.78. The predicted octanol–water partition coefficient (Wildman–Crippen LogP) is 5.35. The van der Waals surface area contributed by atoms with Crippen molar-refractivity contribution in [2.75, 3.05) is 18.7 Å². The molecule has 34 heavy (non-hydrogen) atoms. The molecule has 0 unspecified atom stereocenters. The Morgan fingerprint density at radius 1 is 0.941 bits per heavy atom. The molecule has 0 saturated heterocycles. The van der Waals surface area contributed by atoms with E-state index in [9.17, 15) is 26.4 Å². The van der Waals surface area contributed by atoms with Crippen LogP contribution >= 0.6 is 0 Å². The third-order valence-corrected chi connectivity index (χ3v) is 6.12. The van der Waals surface area contributed by atoms with Gasteiger partial charge in [0.25, 0.3) is 0 Å². The van der Waals surface area contributed by atoms with E-state index in [1.165, 1.54) is 36.3 Å². The molecule has 3 aromatic carbocycles. The molecule has 0 fully saturated rings. The highest BCUT2D eigenvalue weighted by molar-refractivity contribution is 7.90. The van der Waals surface area contributed by atoms with Crippen LogP contribution in [0, 0.1) is 0 Å². The van der Waals surface area contributed by atoms with Crippen LogP contribution in [0.15, 0.2) is 77.7 Å². The average molecular weight is 493 g/mol. The first kappa shape index (κ1) is 25.1. The number of carbonyl (C=O) groups excluding carboxylic acids is 1. The van der Waals surface area contributed by atoms with Crippen LogP contribution in [0.3, 0.4) is 0 Å². The molecule has 0 heterocycles. The van der Waals surface area contributed by atoms with Crippen LogP contribution in [0.1, 0.15) is 16.7 Å². The second kappa shape index (κ2) is 10.2. The minimum absolute atomic E-state index is 0.0290. The number of hydrogen-bond donors (Lipinski definition) is 1. The lowest BCUT2D eigenvalue weighted by Crippen LogP contribution is -2.34. The number of para-hydroxylation sites is 2. The Labute approximate surface area is 195 Å². The van der Waals surface area contributed by atoms with Crippen molar-refractivity contribution < 1.29 is 31.1 Å². The van der Waals surface area contributed by atoms with Gasteiger partial charge in [-0.1, -0.05) is 36.4 Å². The van der Waals surface area contributed by atoms with Crippen LogP contribution in [0.25, 0.3) is 0 Å². The quantitative estimate of drug-likeness (QED) is 0.482. The predicted molar refractivity (Wildman–Crippen MR) is 122 cm³/mol. The molecular formula is C24H23F3N2O4S. The number of nitrogens with one attached hydrogen (secondary N) is 1. The van der Waals surface area contributed by atoms with Crippen molar-refractivity contribution in [2.45, 2.75) is 24.2 Å². The largest absolute Gasteiger partial charge is 0.495 e. The summed E-state index contributed by atoms with van der Waals surface area (Å²) in [6, 6.07) is 16.9. The normalized spacial score (nSPS) is 11.7. The molecule has 180 valence electrons. The second-order valence-electron chi connectivity index (χ2n) is 7.60. The number of halogens is 3. The third kappa shape index (κ3) is 6.50. The molecular weight excluding hydrogens is 469 g/mol. The molecule has 0 aliphatic carbocycles. The molecule has 0 aliphatic rings. The van der Waals surface area contributed by atoms with Crippen molar-refractivity contribution in [1.82, 2.24) is 4.90 Å². The van der Waals surface area contributed by atoms with E-state index in [4.69, 9.17) is 4.74 Å². The standard InChI is InChI=1S/C24H23F3N2O4S/c1-33-22-9-4-3-8-21(22)28-23(30)29(15-17-10-12-20(13-11-17)34(2,31)32)16-18-6-5-7-19(14-18)24(25,26)27/h3-14H,15-16H2,1-2H3,(H,28,30). The molecule has 0 saturated carbocycles. The van der Waals surface area contributed by atoms with E-state index in [1.54, 1.807) is 36.4 Å². The molecule has 0 aliphatic heterocycles. The Morgan fingerprint density at radius 2 is 1.59 bits per heavy atom. The zero-order valence-electron chi connectivity index (χ0n) is 18.5. The number of nitrogens with zero attached hydrogens (tertiary/aromatic N) is 1. The molecule has 0 aromatic heterocycles. The smallest absolute Gasteiger partial charge is 0.416 e. The molecule has 3 rings (SSSR count). The molecule has 3 aromatic rings. The van der Waals surface area contributed by atoms with Gasteiger partial charge in [0.15, 0.2) is 9.84 Å². The van der Waals surface area contributed by atoms with E-state index in [1.807, 2.05) is 0 Å². The highest BCUT2D eigenvalue weighted by atomic mass is 32.2. The first-order chi connectivity index (χ1) is 16.0. The minimum atomic E-state index is -4.51. The van der Waals surface area contributed by atoms with Crippen molar-refractivity contribution >= 4 is 21.6 Å². The fourth-order valence-electron chi connectivity index (χ4n) is 3.27. The number of hydrogen-bond acceptors (Lipinski definition) is 4. The summed E-state index contributed by atoms with van der Waals surface area (Å²) in [5.41, 5.74) is 0.483. The lowest BCUT2D eigenvalue weighted by atomic mass is 10.1. The number of anilines is 1. The zero-order chi connectivity index (χ0) is 24.9. The van der Waals surface area contributed by atoms with E-state index in [2.05, 4.69) is 5.32 Å². The Kier molecular flexibility index (Phi) is 7.51. The summed E-state index contributed by atoms with van der Waals surface area (Å²) in [7, 11) is -1.94. The van der Waals surface area contributed by atoms with Gasteiger partial charge in [0.1, 0.15) is 5.75 Å². The van der Waals surface area contributed by atoms with Gasteiger partial charge in [-0.3, -0.25) is 0 Å². The number of rotatable bonds is 7. The lowest BCUT2D eigenvalue weighted by Gasteiger charge is -2.24. The SMILES string of the molecule is COc1ccccc1NC(=O)N(Cc1ccc(S(C)(=O)=O)cc1)Cc1cccc(C(F)(F)F)c1. The number of methoxy groups -OCH3 is 1. The van der Waals surface area contributed by atoms with Crippen LogP contribution < -0.4 is 10.1 Å². The maximum Gasteiger partial charge on any atom is 0.416 e. The number of alkyl halides is 3. The number of ether oxygens (including phenoxy) is 1. The Bertz CT molecular complexity index is 1260. The molecule has 1 N–H and O–H groups in total. The van der Waals surface area contributed by atoms with Crippen molar-refractivity contribution in [3.8, 4) is 5.75 Å². The van der Waals surface area contributed by atoms with Crippen LogP contribution in [0.5, 0.6) is 5.75 Å². The monoisotopic (exact) mass is 492 g/mol. The fourth-order valence-corrected chi connectivity index (χ4v) is 3.90. The van der Waals surface area contributed by atoms with Crippen molar-refractivity contribution in [1.29, 1.82) is 0 Å². The summed E-state index contributed by atoms with van der Waals surface area (Å²) in [6.07, 6.45) is -3.43. The summed E-state index contributed by atoms with van der Waals surface area (Å²) in [6.45, 7) is -0.0833. The van der Waals surface area contributed by atoms with E-state index in [0.29, 0.717) is 17.0 Å². The Balaban J connectivity index is 1.90. The first-order valence-electron chi connectivity index (χ1n) is 10.1. The van der Waals surface area contributed by atoms with Gasteiger partial charge < -0.3 is 15.0 Å². The van der Waals surface area contributed by atoms with E-state index in [0.717, 1.165) is 18.4 Å². The third-order valence-electron chi connectivity index (χ3n) is 4.99. The minimum Gasteiger partial charge on any atom is -0.495 e. The van der Waals surface area contributed by atoms with Crippen LogP contribution in [-0.2, 0) is 29.1 Å². The Hall–Kier alpha value is -3.53. The summed E-state index contributed by atoms with van der Waals surface area (Å²) >= 11 is 0. The van der Waals surface area contributed by atoms with Gasteiger partial charge in [-0.25, -0.2) is 13.2 Å². The summed E-state index contributed by atoms with van der Waals surface area (Å²) in [5, 5.41) is 2.73. The van der Waals surface area contributed by atoms with Gasteiger partial charge >= 0.3 is 12.2 Å². The second-order valence-corrected chi connectivity index (χ2v) is 9.62. The molecule has 0 bridgehead atoms.